The molecule has 0 aromatic rings. The van der Waals surface area contributed by atoms with Gasteiger partial charge in [-0.1, -0.05) is 44.1 Å². The lowest BCUT2D eigenvalue weighted by Gasteiger charge is -2.35. The van der Waals surface area contributed by atoms with E-state index in [1.807, 2.05) is 29.2 Å². The number of likely N-dealkylation sites (tertiary alicyclic amines) is 1. The molecule has 194 valence electrons. The van der Waals surface area contributed by atoms with E-state index >= 15 is 0 Å². The third kappa shape index (κ3) is 5.05. The average Bonchev–Trinajstić information content (AvgIpc) is 3.23. The normalized spacial score (nSPS) is 33.7. The van der Waals surface area contributed by atoms with E-state index in [1.54, 1.807) is 4.90 Å². The molecule has 0 saturated carbocycles. The second-order valence-corrected chi connectivity index (χ2v) is 10.1. The maximum Gasteiger partial charge on any atom is 0.312 e. The molecular weight excluding hydrogens is 448 g/mol. The summed E-state index contributed by atoms with van der Waals surface area (Å²) >= 11 is 0. The topological polar surface area (TPSA) is 96.4 Å². The predicted octanol–water partition coefficient (Wildman–Crippen LogP) is 2.60. The molecule has 4 heterocycles. The van der Waals surface area contributed by atoms with Crippen molar-refractivity contribution < 1.29 is 29.0 Å². The second-order valence-electron chi connectivity index (χ2n) is 10.1. The van der Waals surface area contributed by atoms with Crippen LogP contribution < -0.4 is 0 Å². The second kappa shape index (κ2) is 11.7. The van der Waals surface area contributed by atoms with E-state index in [4.69, 9.17) is 14.6 Å². The first kappa shape index (κ1) is 25.9. The smallest absolute Gasteiger partial charge is 0.312 e. The van der Waals surface area contributed by atoms with Crippen LogP contribution >= 0.6 is 0 Å². The van der Waals surface area contributed by atoms with Gasteiger partial charge in [0.25, 0.3) is 0 Å². The number of ether oxygens (including phenoxy) is 2. The molecule has 0 aliphatic carbocycles. The number of aliphatic hydroxyl groups excluding tert-OH is 1. The molecule has 1 unspecified atom stereocenters. The Morgan fingerprint density at radius 3 is 2.66 bits per heavy atom. The lowest BCUT2D eigenvalue weighted by Crippen LogP contribution is -2.55. The molecule has 4 aliphatic heterocycles. The first-order valence-electron chi connectivity index (χ1n) is 13.4. The number of hydrogen-bond donors (Lipinski definition) is 1. The van der Waals surface area contributed by atoms with Gasteiger partial charge in [0.15, 0.2) is 0 Å². The van der Waals surface area contributed by atoms with E-state index < -0.39 is 35.6 Å². The molecule has 8 nitrogen and oxygen atoms in total. The van der Waals surface area contributed by atoms with Crippen LogP contribution in [0.25, 0.3) is 0 Å². The highest BCUT2D eigenvalue weighted by Crippen LogP contribution is 2.53. The van der Waals surface area contributed by atoms with E-state index in [-0.39, 0.29) is 18.4 Å². The van der Waals surface area contributed by atoms with Crippen LogP contribution in [-0.2, 0) is 23.9 Å². The summed E-state index contributed by atoms with van der Waals surface area (Å²) in [5, 5.41) is 9.17. The Morgan fingerprint density at radius 1 is 1.03 bits per heavy atom. The van der Waals surface area contributed by atoms with Crippen LogP contribution in [0.3, 0.4) is 0 Å². The third-order valence-electron chi connectivity index (χ3n) is 7.77. The Bertz CT molecular complexity index is 842. The van der Waals surface area contributed by atoms with Crippen LogP contribution in [-0.4, -0.2) is 83.3 Å². The Morgan fingerprint density at radius 2 is 1.86 bits per heavy atom. The van der Waals surface area contributed by atoms with Crippen LogP contribution in [0.5, 0.6) is 0 Å². The molecule has 4 rings (SSSR count). The number of amides is 2. The van der Waals surface area contributed by atoms with Crippen LogP contribution in [0.15, 0.2) is 24.3 Å². The van der Waals surface area contributed by atoms with E-state index in [1.165, 1.54) is 0 Å². The molecule has 1 spiro atoms. The number of fused-ring (bicyclic) bond motifs is 2. The molecule has 2 fully saturated rings. The molecule has 35 heavy (non-hydrogen) atoms. The van der Waals surface area contributed by atoms with Crippen molar-refractivity contribution in [2.75, 3.05) is 32.8 Å². The van der Waals surface area contributed by atoms with Crippen LogP contribution in [0.1, 0.15) is 64.7 Å². The Balaban J connectivity index is 1.69. The predicted molar refractivity (Wildman–Crippen MR) is 130 cm³/mol. The summed E-state index contributed by atoms with van der Waals surface area (Å²) in [6, 6.07) is -0.798. The van der Waals surface area contributed by atoms with Gasteiger partial charge in [0.2, 0.25) is 11.8 Å². The van der Waals surface area contributed by atoms with Gasteiger partial charge < -0.3 is 24.4 Å². The number of unbranched alkanes of at least 4 members (excludes halogenated alkanes) is 4. The van der Waals surface area contributed by atoms with Gasteiger partial charge in [-0.15, -0.1) is 0 Å². The van der Waals surface area contributed by atoms with E-state index in [9.17, 15) is 14.4 Å². The molecule has 0 aromatic carbocycles. The number of esters is 1. The molecule has 0 aromatic heterocycles. The summed E-state index contributed by atoms with van der Waals surface area (Å²) in [4.78, 5) is 44.6. The maximum absolute atomic E-state index is 14.0. The number of rotatable bonds is 9. The number of nitrogens with zero attached hydrogens (tertiary/aromatic N) is 2. The van der Waals surface area contributed by atoms with Crippen LogP contribution in [0.2, 0.25) is 0 Å². The van der Waals surface area contributed by atoms with E-state index in [0.717, 1.165) is 44.9 Å². The van der Waals surface area contributed by atoms with Crippen molar-refractivity contribution in [3.05, 3.63) is 24.3 Å². The molecule has 2 amide bonds. The fourth-order valence-corrected chi connectivity index (χ4v) is 6.03. The summed E-state index contributed by atoms with van der Waals surface area (Å²) < 4.78 is 12.2. The highest BCUT2D eigenvalue weighted by Gasteiger charge is 2.71. The van der Waals surface area contributed by atoms with Gasteiger partial charge in [-0.25, -0.2) is 0 Å². The molecule has 5 atom stereocenters. The minimum absolute atomic E-state index is 0.0991. The quantitative estimate of drug-likeness (QED) is 0.305. The van der Waals surface area contributed by atoms with E-state index in [2.05, 4.69) is 6.92 Å². The van der Waals surface area contributed by atoms with Gasteiger partial charge in [-0.05, 0) is 44.9 Å². The minimum Gasteiger partial charge on any atom is -0.465 e. The molecule has 0 radical (unpaired) electrons. The van der Waals surface area contributed by atoms with Crippen molar-refractivity contribution in [1.82, 2.24) is 9.80 Å². The molecule has 0 bridgehead atoms. The minimum atomic E-state index is -1.18. The monoisotopic (exact) mass is 488 g/mol. The molecule has 2 saturated heterocycles. The average molecular weight is 489 g/mol. The Hall–Kier alpha value is -2.19. The van der Waals surface area contributed by atoms with Gasteiger partial charge in [-0.3, -0.25) is 14.4 Å². The summed E-state index contributed by atoms with van der Waals surface area (Å²) in [5.74, 6) is -2.29. The number of cyclic esters (lactones) is 1. The number of allylic oxidation sites excluding steroid dienone is 1. The number of carbonyl (C=O) groups excluding carboxylic acids is 3. The highest BCUT2D eigenvalue weighted by molar-refractivity contribution is 5.99. The van der Waals surface area contributed by atoms with Crippen LogP contribution in [0.4, 0.5) is 0 Å². The Kier molecular flexibility index (Phi) is 8.65. The van der Waals surface area contributed by atoms with E-state index in [0.29, 0.717) is 39.1 Å². The maximum atomic E-state index is 14.0. The van der Waals surface area contributed by atoms with Crippen molar-refractivity contribution in [2.24, 2.45) is 11.8 Å². The van der Waals surface area contributed by atoms with Gasteiger partial charge >= 0.3 is 5.97 Å². The molecule has 4 aliphatic rings. The summed E-state index contributed by atoms with van der Waals surface area (Å²) in [7, 11) is 0. The van der Waals surface area contributed by atoms with Gasteiger partial charge in [0.05, 0.1) is 18.6 Å². The highest BCUT2D eigenvalue weighted by atomic mass is 16.6. The lowest BCUT2D eigenvalue weighted by molar-refractivity contribution is -0.155. The largest absolute Gasteiger partial charge is 0.465 e. The lowest BCUT2D eigenvalue weighted by atomic mass is 9.78. The van der Waals surface area contributed by atoms with Gasteiger partial charge in [0, 0.05) is 26.2 Å². The summed E-state index contributed by atoms with van der Waals surface area (Å²) in [5.41, 5.74) is -1.18. The first-order chi connectivity index (χ1) is 17.0. The van der Waals surface area contributed by atoms with Crippen molar-refractivity contribution in [2.45, 2.75) is 82.5 Å². The zero-order valence-corrected chi connectivity index (χ0v) is 20.9. The molecular formula is C27H40N2O6. The van der Waals surface area contributed by atoms with Gasteiger partial charge in [-0.2, -0.15) is 0 Å². The first-order valence-corrected chi connectivity index (χ1v) is 13.4. The number of hydrogen-bond acceptors (Lipinski definition) is 6. The fraction of sp³-hybridized carbons (Fsp3) is 0.741. The SMILES string of the molecule is CCCCCN1CC=C[C@]23O[C@@H]4/C=C\CCCCOC(=O)[C@@H]4[C@H]2C(=O)N(CCCCCO)C3C1=O. The zero-order chi connectivity index (χ0) is 24.8. The molecule has 1 N–H and O–H groups in total. The van der Waals surface area contributed by atoms with Crippen molar-refractivity contribution >= 4 is 17.8 Å². The summed E-state index contributed by atoms with van der Waals surface area (Å²) in [6.45, 7) is 4.06. The van der Waals surface area contributed by atoms with Crippen molar-refractivity contribution in [3.8, 4) is 0 Å². The molecule has 8 heteroatoms. The van der Waals surface area contributed by atoms with Gasteiger partial charge in [0.1, 0.15) is 17.6 Å². The number of carbonyl (C=O) groups is 3. The fourth-order valence-electron chi connectivity index (χ4n) is 6.03. The summed E-state index contributed by atoms with van der Waals surface area (Å²) in [6.07, 6.45) is 14.8. The van der Waals surface area contributed by atoms with Crippen molar-refractivity contribution in [3.63, 3.8) is 0 Å². The standard InChI is InChI=1S/C27H40N2O6/c1-2-3-8-15-28-16-12-14-27-22(21-20(35-27)13-7-4-5-11-19-34-26(21)33)24(31)29(23(27)25(28)32)17-9-6-10-18-30/h7,12-14,20-23,30H,2-6,8-11,15-19H2,1H3/b13-7-/t20-,21+,22+,23?,27+/m1/s1. The van der Waals surface area contributed by atoms with Crippen LogP contribution in [0, 0.1) is 11.8 Å². The number of aliphatic hydroxyl groups is 1. The zero-order valence-electron chi connectivity index (χ0n) is 20.9. The third-order valence-corrected chi connectivity index (χ3v) is 7.77. The van der Waals surface area contributed by atoms with Crippen molar-refractivity contribution in [1.29, 1.82) is 0 Å². The Labute approximate surface area is 208 Å².